The first-order valence-corrected chi connectivity index (χ1v) is 12.8. The van der Waals surface area contributed by atoms with Gasteiger partial charge in [-0.05, 0) is 42.4 Å². The highest BCUT2D eigenvalue weighted by Gasteiger charge is 2.31. The molecule has 0 aliphatic carbocycles. The van der Waals surface area contributed by atoms with E-state index >= 15 is 0 Å². The van der Waals surface area contributed by atoms with E-state index in [-0.39, 0.29) is 6.42 Å². The maximum atomic E-state index is 11.8. The Kier molecular flexibility index (Phi) is 12.7. The van der Waals surface area contributed by atoms with E-state index < -0.39 is 23.3 Å². The monoisotopic (exact) mass is 472 g/mol. The molecule has 5 nitrogen and oxygen atoms in total. The first-order valence-electron chi connectivity index (χ1n) is 11.7. The van der Waals surface area contributed by atoms with Crippen LogP contribution in [0.5, 0.6) is 0 Å². The summed E-state index contributed by atoms with van der Waals surface area (Å²) in [6.45, 7) is 0. The Morgan fingerprint density at radius 1 is 0.848 bits per heavy atom. The highest BCUT2D eigenvalue weighted by Crippen LogP contribution is 2.36. The molecule has 2 rings (SSSR count). The molecule has 2 atom stereocenters. The molecule has 2 N–H and O–H groups in total. The molecule has 0 aromatic heterocycles. The number of hydrogen-bond donors (Lipinski definition) is 2. The lowest BCUT2D eigenvalue weighted by Gasteiger charge is -2.25. The fraction of sp³-hybridized carbons (Fsp3) is 0.481. The van der Waals surface area contributed by atoms with Crippen molar-refractivity contribution in [3.05, 3.63) is 71.3 Å². The summed E-state index contributed by atoms with van der Waals surface area (Å²) in [5.74, 6) is -1.58. The molecule has 0 aliphatic rings. The van der Waals surface area contributed by atoms with E-state index in [1.54, 1.807) is 0 Å². The smallest absolute Gasteiger partial charge is 0.334 e. The molecule has 180 valence electrons. The van der Waals surface area contributed by atoms with Crippen LogP contribution in [0.2, 0.25) is 0 Å². The van der Waals surface area contributed by atoms with Crippen molar-refractivity contribution < 1.29 is 24.5 Å². The highest BCUT2D eigenvalue weighted by molar-refractivity contribution is 7.99. The molecule has 0 heterocycles. The van der Waals surface area contributed by atoms with Crippen molar-refractivity contribution in [1.29, 1.82) is 0 Å². The van der Waals surface area contributed by atoms with Crippen molar-refractivity contribution in [3.8, 4) is 0 Å². The molecule has 33 heavy (non-hydrogen) atoms. The highest BCUT2D eigenvalue weighted by atomic mass is 32.2. The minimum atomic E-state index is -1.03. The van der Waals surface area contributed by atoms with Crippen molar-refractivity contribution in [3.63, 3.8) is 0 Å². The first kappa shape index (κ1) is 26.9. The lowest BCUT2D eigenvalue weighted by atomic mass is 9.96. The maximum absolute atomic E-state index is 11.8. The van der Waals surface area contributed by atoms with Crippen molar-refractivity contribution in [1.82, 2.24) is 0 Å². The van der Waals surface area contributed by atoms with E-state index in [1.165, 1.54) is 50.1 Å². The summed E-state index contributed by atoms with van der Waals surface area (Å²) in [6, 6.07) is 18.5. The number of methoxy groups -OCH3 is 1. The van der Waals surface area contributed by atoms with Gasteiger partial charge in [0.05, 0.1) is 11.7 Å². The van der Waals surface area contributed by atoms with E-state index in [2.05, 4.69) is 36.4 Å². The van der Waals surface area contributed by atoms with Gasteiger partial charge in [-0.3, -0.25) is 4.79 Å². The van der Waals surface area contributed by atoms with Crippen LogP contribution in [0.3, 0.4) is 0 Å². The van der Waals surface area contributed by atoms with Gasteiger partial charge in [0, 0.05) is 12.9 Å². The average Bonchev–Trinajstić information content (AvgIpc) is 2.81. The van der Waals surface area contributed by atoms with Gasteiger partial charge in [0.2, 0.25) is 0 Å². The van der Waals surface area contributed by atoms with Crippen LogP contribution >= 0.6 is 11.8 Å². The molecule has 6 heteroatoms. The van der Waals surface area contributed by atoms with Crippen LogP contribution in [0.1, 0.15) is 66.9 Å². The predicted octanol–water partition coefficient (Wildman–Crippen LogP) is 6.16. The summed E-state index contributed by atoms with van der Waals surface area (Å²) in [5, 5.41) is 18.2. The lowest BCUT2D eigenvalue weighted by Crippen LogP contribution is -2.29. The van der Waals surface area contributed by atoms with Gasteiger partial charge in [0.25, 0.3) is 0 Å². The zero-order valence-corrected chi connectivity index (χ0v) is 20.3. The van der Waals surface area contributed by atoms with E-state index in [1.807, 2.05) is 18.2 Å². The second-order valence-electron chi connectivity index (χ2n) is 8.24. The average molecular weight is 473 g/mol. The number of thioether (sulfide) groups is 1. The van der Waals surface area contributed by atoms with Gasteiger partial charge >= 0.3 is 11.9 Å². The third kappa shape index (κ3) is 10.0. The third-order valence-electron chi connectivity index (χ3n) is 5.75. The zero-order valence-electron chi connectivity index (χ0n) is 19.4. The van der Waals surface area contributed by atoms with Gasteiger partial charge in [-0.1, -0.05) is 80.3 Å². The summed E-state index contributed by atoms with van der Waals surface area (Å²) >= 11 is 1.34. The van der Waals surface area contributed by atoms with E-state index in [0.29, 0.717) is 5.75 Å². The Labute approximate surface area is 201 Å². The Hall–Kier alpha value is -2.31. The summed E-state index contributed by atoms with van der Waals surface area (Å²) in [5.41, 5.74) is 3.46. The van der Waals surface area contributed by atoms with Gasteiger partial charge in [-0.2, -0.15) is 0 Å². The number of unbranched alkanes of at least 4 members (excludes halogenated alkanes) is 5. The van der Waals surface area contributed by atoms with Gasteiger partial charge in [0.15, 0.2) is 6.10 Å². The molecular formula is C27H36O5S. The molecule has 2 aromatic rings. The summed E-state index contributed by atoms with van der Waals surface area (Å²) < 4.78 is 5.29. The minimum absolute atomic E-state index is 0.0103. The normalized spacial score (nSPS) is 12.9. The van der Waals surface area contributed by atoms with Crippen LogP contribution in [0.4, 0.5) is 0 Å². The summed E-state index contributed by atoms with van der Waals surface area (Å²) in [7, 11) is 1.39. The number of hydrogen-bond acceptors (Lipinski definition) is 4. The number of ether oxygens (including phenoxy) is 1. The van der Waals surface area contributed by atoms with E-state index in [0.717, 1.165) is 36.8 Å². The number of carboxylic acid groups (broad SMARTS) is 2. The van der Waals surface area contributed by atoms with Crippen molar-refractivity contribution >= 4 is 23.7 Å². The molecule has 2 aromatic carbocycles. The van der Waals surface area contributed by atoms with Crippen molar-refractivity contribution in [2.45, 2.75) is 69.1 Å². The van der Waals surface area contributed by atoms with Gasteiger partial charge in [0.1, 0.15) is 0 Å². The molecule has 2 unspecified atom stereocenters. The summed E-state index contributed by atoms with van der Waals surface area (Å²) in [6.07, 6.45) is 8.06. The second-order valence-corrected chi connectivity index (χ2v) is 9.48. The number of carbonyl (C=O) groups is 2. The number of aryl methyl sites for hydroxylation is 2. The SMILES string of the molecule is COC(C(=O)O)C(SCCC(=O)O)c1ccccc1CCCCCCCCc1ccccc1. The standard InChI is InChI=1S/C27H36O5S/c1-32-25(27(30)31)26(33-20-19-24(28)29)23-18-12-11-17-22(23)16-10-5-3-2-4-7-13-21-14-8-6-9-15-21/h6,8-9,11-12,14-15,17-18,25-26H,2-5,7,10,13,16,19-20H2,1H3,(H,28,29)(H,30,31). The van der Waals surface area contributed by atoms with Crippen LogP contribution in [0.15, 0.2) is 54.6 Å². The topological polar surface area (TPSA) is 83.8 Å². The van der Waals surface area contributed by atoms with Crippen molar-refractivity contribution in [2.24, 2.45) is 0 Å². The number of benzene rings is 2. The van der Waals surface area contributed by atoms with Crippen LogP contribution in [-0.2, 0) is 27.2 Å². The molecule has 0 saturated carbocycles. The van der Waals surface area contributed by atoms with Gasteiger partial charge < -0.3 is 14.9 Å². The predicted molar refractivity (Wildman–Crippen MR) is 134 cm³/mol. The Morgan fingerprint density at radius 2 is 1.45 bits per heavy atom. The third-order valence-corrected chi connectivity index (χ3v) is 7.05. The van der Waals surface area contributed by atoms with E-state index in [4.69, 9.17) is 9.84 Å². The van der Waals surface area contributed by atoms with E-state index in [9.17, 15) is 14.7 Å². The fourth-order valence-electron chi connectivity index (χ4n) is 4.00. The Bertz CT molecular complexity index is 839. The molecule has 0 amide bonds. The number of rotatable bonds is 17. The Balaban J connectivity index is 1.84. The van der Waals surface area contributed by atoms with Crippen LogP contribution in [0.25, 0.3) is 0 Å². The molecule has 0 radical (unpaired) electrons. The van der Waals surface area contributed by atoms with Crippen LogP contribution in [0, 0.1) is 0 Å². The largest absolute Gasteiger partial charge is 0.481 e. The number of aliphatic carboxylic acids is 2. The fourth-order valence-corrected chi connectivity index (χ4v) is 5.36. The summed E-state index contributed by atoms with van der Waals surface area (Å²) in [4.78, 5) is 22.7. The zero-order chi connectivity index (χ0) is 23.9. The molecular weight excluding hydrogens is 436 g/mol. The lowest BCUT2D eigenvalue weighted by molar-refractivity contribution is -0.148. The van der Waals surface area contributed by atoms with Crippen LogP contribution in [-0.4, -0.2) is 41.1 Å². The quantitative estimate of drug-likeness (QED) is 0.268. The molecule has 0 fully saturated rings. The van der Waals surface area contributed by atoms with Gasteiger partial charge in [-0.25, -0.2) is 4.79 Å². The molecule has 0 bridgehead atoms. The maximum Gasteiger partial charge on any atom is 0.334 e. The van der Waals surface area contributed by atoms with Crippen molar-refractivity contribution in [2.75, 3.05) is 12.9 Å². The Morgan fingerprint density at radius 3 is 2.09 bits per heavy atom. The molecule has 0 saturated heterocycles. The molecule has 0 spiro atoms. The second kappa shape index (κ2) is 15.5. The van der Waals surface area contributed by atoms with Gasteiger partial charge in [-0.15, -0.1) is 11.8 Å². The molecule has 0 aliphatic heterocycles. The van der Waals surface area contributed by atoms with Crippen LogP contribution < -0.4 is 0 Å². The first-order chi connectivity index (χ1) is 16.0. The minimum Gasteiger partial charge on any atom is -0.481 e. The number of carboxylic acids is 2.